The number of nitrogens with zero attached hydrogens (tertiary/aromatic N) is 3. The summed E-state index contributed by atoms with van der Waals surface area (Å²) < 4.78 is 38.1. The molecule has 4 rings (SSSR count). The fourth-order valence-corrected chi connectivity index (χ4v) is 4.51. The molecule has 3 heterocycles. The molecule has 1 spiro atoms. The summed E-state index contributed by atoms with van der Waals surface area (Å²) in [6, 6.07) is 7.79. The lowest BCUT2D eigenvalue weighted by Gasteiger charge is -2.39. The van der Waals surface area contributed by atoms with Gasteiger partial charge in [-0.25, -0.2) is 4.79 Å². The number of urea groups is 1. The second-order valence-corrected chi connectivity index (χ2v) is 8.64. The predicted octanol–water partition coefficient (Wildman–Crippen LogP) is 4.57. The molecule has 0 aliphatic carbocycles. The SMILES string of the molecule is Cc1cccnc1C(=O)N1CCC2(CCN(C(=O)Nc3ccc(C(F)(F)F)cc3)C2)CC1. The summed E-state index contributed by atoms with van der Waals surface area (Å²) in [7, 11) is 0. The Morgan fingerprint density at radius 1 is 1.00 bits per heavy atom. The van der Waals surface area contributed by atoms with Crippen LogP contribution in [0, 0.1) is 12.3 Å². The molecule has 2 aliphatic rings. The topological polar surface area (TPSA) is 65.5 Å². The first-order valence-corrected chi connectivity index (χ1v) is 10.6. The van der Waals surface area contributed by atoms with Crippen LogP contribution in [-0.2, 0) is 6.18 Å². The number of nitrogens with one attached hydrogen (secondary N) is 1. The van der Waals surface area contributed by atoms with E-state index in [4.69, 9.17) is 0 Å². The van der Waals surface area contributed by atoms with Crippen molar-refractivity contribution in [1.82, 2.24) is 14.8 Å². The minimum Gasteiger partial charge on any atom is -0.337 e. The molecule has 2 aromatic rings. The normalized spacial score (nSPS) is 18.1. The highest BCUT2D eigenvalue weighted by molar-refractivity contribution is 5.93. The molecule has 0 unspecified atom stereocenters. The first kappa shape index (κ1) is 22.1. The third-order valence-electron chi connectivity index (χ3n) is 6.51. The predicted molar refractivity (Wildman–Crippen MR) is 113 cm³/mol. The van der Waals surface area contributed by atoms with E-state index in [1.54, 1.807) is 17.2 Å². The minimum absolute atomic E-state index is 0.0343. The summed E-state index contributed by atoms with van der Waals surface area (Å²) in [5, 5.41) is 2.69. The molecule has 0 saturated carbocycles. The number of hydrogen-bond donors (Lipinski definition) is 1. The van der Waals surface area contributed by atoms with E-state index in [9.17, 15) is 22.8 Å². The van der Waals surface area contributed by atoms with Gasteiger partial charge in [0.15, 0.2) is 0 Å². The lowest BCUT2D eigenvalue weighted by Crippen LogP contribution is -2.45. The van der Waals surface area contributed by atoms with Crippen LogP contribution in [-0.4, -0.2) is 52.9 Å². The third kappa shape index (κ3) is 4.56. The summed E-state index contributed by atoms with van der Waals surface area (Å²) >= 11 is 0. The van der Waals surface area contributed by atoms with Crippen LogP contribution in [0.3, 0.4) is 0 Å². The Balaban J connectivity index is 1.32. The molecule has 2 aliphatic heterocycles. The van der Waals surface area contributed by atoms with Crippen LogP contribution >= 0.6 is 0 Å². The van der Waals surface area contributed by atoms with Gasteiger partial charge < -0.3 is 15.1 Å². The van der Waals surface area contributed by atoms with Crippen molar-refractivity contribution in [3.8, 4) is 0 Å². The number of alkyl halides is 3. The Labute approximate surface area is 184 Å². The van der Waals surface area contributed by atoms with Gasteiger partial charge in [-0.15, -0.1) is 0 Å². The molecule has 170 valence electrons. The number of carbonyl (C=O) groups excluding carboxylic acids is 2. The molecular formula is C23H25F3N4O2. The molecule has 9 heteroatoms. The Morgan fingerprint density at radius 3 is 2.22 bits per heavy atom. The molecule has 2 fully saturated rings. The van der Waals surface area contributed by atoms with Crippen LogP contribution in [0.1, 0.15) is 40.9 Å². The number of anilines is 1. The number of aromatic nitrogens is 1. The van der Waals surface area contributed by atoms with Gasteiger partial charge in [-0.3, -0.25) is 9.78 Å². The first-order chi connectivity index (χ1) is 15.2. The molecule has 0 atom stereocenters. The number of rotatable bonds is 2. The lowest BCUT2D eigenvalue weighted by atomic mass is 9.77. The average Bonchev–Trinajstić information content (AvgIpc) is 3.18. The maximum Gasteiger partial charge on any atom is 0.416 e. The van der Waals surface area contributed by atoms with E-state index in [0.29, 0.717) is 37.6 Å². The molecule has 2 saturated heterocycles. The Bertz CT molecular complexity index is 999. The zero-order valence-electron chi connectivity index (χ0n) is 17.8. The van der Waals surface area contributed by atoms with Gasteiger partial charge in [0, 0.05) is 38.1 Å². The van der Waals surface area contributed by atoms with Crippen LogP contribution in [0.5, 0.6) is 0 Å². The lowest BCUT2D eigenvalue weighted by molar-refractivity contribution is -0.137. The highest BCUT2D eigenvalue weighted by atomic mass is 19.4. The van der Waals surface area contributed by atoms with Crippen LogP contribution < -0.4 is 5.32 Å². The van der Waals surface area contributed by atoms with Crippen molar-refractivity contribution in [2.45, 2.75) is 32.4 Å². The number of piperidine rings is 1. The number of hydrogen-bond acceptors (Lipinski definition) is 3. The fourth-order valence-electron chi connectivity index (χ4n) is 4.51. The molecule has 1 N–H and O–H groups in total. The second-order valence-electron chi connectivity index (χ2n) is 8.64. The van der Waals surface area contributed by atoms with E-state index in [1.807, 2.05) is 17.9 Å². The molecule has 1 aromatic heterocycles. The number of pyridine rings is 1. The summed E-state index contributed by atoms with van der Waals surface area (Å²) in [6.07, 6.45) is -0.341. The highest BCUT2D eigenvalue weighted by Crippen LogP contribution is 2.41. The van der Waals surface area contributed by atoms with E-state index in [0.717, 1.165) is 37.0 Å². The van der Waals surface area contributed by atoms with Crippen molar-refractivity contribution >= 4 is 17.6 Å². The molecule has 3 amide bonds. The average molecular weight is 446 g/mol. The maximum absolute atomic E-state index is 12.8. The van der Waals surface area contributed by atoms with Gasteiger partial charge in [-0.2, -0.15) is 13.2 Å². The van der Waals surface area contributed by atoms with E-state index in [-0.39, 0.29) is 17.4 Å². The van der Waals surface area contributed by atoms with Gasteiger partial charge in [0.2, 0.25) is 0 Å². The number of carbonyl (C=O) groups is 2. The molecule has 0 radical (unpaired) electrons. The third-order valence-corrected chi connectivity index (χ3v) is 6.51. The fraction of sp³-hybridized carbons (Fsp3) is 0.435. The van der Waals surface area contributed by atoms with E-state index >= 15 is 0 Å². The van der Waals surface area contributed by atoms with Gasteiger partial charge in [-0.05, 0) is 67.5 Å². The van der Waals surface area contributed by atoms with Crippen LogP contribution in [0.4, 0.5) is 23.7 Å². The van der Waals surface area contributed by atoms with Crippen molar-refractivity contribution in [3.63, 3.8) is 0 Å². The Kier molecular flexibility index (Phi) is 5.83. The van der Waals surface area contributed by atoms with E-state index in [2.05, 4.69) is 10.3 Å². The van der Waals surface area contributed by atoms with Crippen molar-refractivity contribution in [1.29, 1.82) is 0 Å². The van der Waals surface area contributed by atoms with E-state index in [1.165, 1.54) is 12.1 Å². The van der Waals surface area contributed by atoms with Crippen LogP contribution in [0.25, 0.3) is 0 Å². The summed E-state index contributed by atoms with van der Waals surface area (Å²) in [5.41, 5.74) is 0.873. The van der Waals surface area contributed by atoms with Gasteiger partial charge in [0.1, 0.15) is 5.69 Å². The Morgan fingerprint density at radius 2 is 1.62 bits per heavy atom. The van der Waals surface area contributed by atoms with Crippen molar-refractivity contribution in [2.75, 3.05) is 31.5 Å². The number of halogens is 3. The van der Waals surface area contributed by atoms with Crippen molar-refractivity contribution in [2.24, 2.45) is 5.41 Å². The zero-order chi connectivity index (χ0) is 22.9. The molecule has 6 nitrogen and oxygen atoms in total. The summed E-state index contributed by atoms with van der Waals surface area (Å²) in [4.78, 5) is 33.2. The first-order valence-electron chi connectivity index (χ1n) is 10.6. The number of aryl methyl sites for hydroxylation is 1. The van der Waals surface area contributed by atoms with Crippen LogP contribution in [0.2, 0.25) is 0 Å². The minimum atomic E-state index is -4.41. The molecular weight excluding hydrogens is 421 g/mol. The van der Waals surface area contributed by atoms with Crippen molar-refractivity contribution in [3.05, 3.63) is 59.4 Å². The molecule has 0 bridgehead atoms. The smallest absolute Gasteiger partial charge is 0.337 e. The van der Waals surface area contributed by atoms with Gasteiger partial charge >= 0.3 is 12.2 Å². The highest BCUT2D eigenvalue weighted by Gasteiger charge is 2.43. The monoisotopic (exact) mass is 446 g/mol. The largest absolute Gasteiger partial charge is 0.416 e. The van der Waals surface area contributed by atoms with Gasteiger partial charge in [-0.1, -0.05) is 6.07 Å². The molecule has 32 heavy (non-hydrogen) atoms. The number of likely N-dealkylation sites (tertiary alicyclic amines) is 2. The van der Waals surface area contributed by atoms with Crippen molar-refractivity contribution < 1.29 is 22.8 Å². The van der Waals surface area contributed by atoms with E-state index < -0.39 is 11.7 Å². The quantitative estimate of drug-likeness (QED) is 0.735. The van der Waals surface area contributed by atoms with Gasteiger partial charge in [0.05, 0.1) is 5.56 Å². The Hall–Kier alpha value is -3.10. The maximum atomic E-state index is 12.8. The standard InChI is InChI=1S/C23H25F3N4O2/c1-16-3-2-11-27-19(16)20(31)29-12-8-22(9-13-29)10-14-30(15-22)21(32)28-18-6-4-17(5-7-18)23(24,25)26/h2-7,11H,8-10,12-15H2,1H3,(H,28,32). The number of benzene rings is 1. The second kappa shape index (κ2) is 8.44. The van der Waals surface area contributed by atoms with Gasteiger partial charge in [0.25, 0.3) is 5.91 Å². The van der Waals surface area contributed by atoms with Crippen LogP contribution in [0.15, 0.2) is 42.6 Å². The zero-order valence-corrected chi connectivity index (χ0v) is 17.8. The summed E-state index contributed by atoms with van der Waals surface area (Å²) in [5.74, 6) is -0.0622. The summed E-state index contributed by atoms with van der Waals surface area (Å²) in [6.45, 7) is 4.26. The number of amides is 3. The molecule has 1 aromatic carbocycles.